The number of rotatable bonds is 14. The zero-order valence-electron chi connectivity index (χ0n) is 29.9. The van der Waals surface area contributed by atoms with Crippen LogP contribution >= 0.6 is 0 Å². The van der Waals surface area contributed by atoms with Crippen molar-refractivity contribution >= 4 is 16.7 Å². The number of nitrogens with one attached hydrogen (secondary N) is 2. The van der Waals surface area contributed by atoms with Gasteiger partial charge in [-0.1, -0.05) is 79.3 Å². The van der Waals surface area contributed by atoms with E-state index in [0.717, 1.165) is 68.7 Å². The number of hydrogen-bond donors (Lipinski definition) is 2. The van der Waals surface area contributed by atoms with E-state index in [1.165, 1.54) is 46.6 Å². The van der Waals surface area contributed by atoms with Gasteiger partial charge in [0, 0.05) is 37.4 Å². The van der Waals surface area contributed by atoms with Gasteiger partial charge in [-0.15, -0.1) is 0 Å². The molecule has 0 spiro atoms. The molecular formula is C40H61N5. The number of imidazole rings is 1. The maximum atomic E-state index is 5.48. The Balaban J connectivity index is 1.48. The van der Waals surface area contributed by atoms with Crippen LogP contribution in [0.1, 0.15) is 121 Å². The first-order valence-electron chi connectivity index (χ1n) is 17.9. The number of aryl methyl sites for hydroxylation is 2. The standard InChI is InChI=1S/C40H61N5/c1-11-18-45-36(24-31-14-13-15-33(37(31)45)32-19-26(3)20-32)39-43-35-23-29(21-30(12-2)38(35)44(39)10)22-34(27(4)16-17-41-9)42-28(5)25-40(6,7)8/h13-15,21,23,26-27,32,34,36,41-42H,5,11-12,16-20,22,24-25H2,1-4,6-10H3/t26?,27-,32?,34?,36?/m0/s1. The summed E-state index contributed by atoms with van der Waals surface area (Å²) in [7, 11) is 4.30. The van der Waals surface area contributed by atoms with E-state index in [4.69, 9.17) is 4.98 Å². The lowest BCUT2D eigenvalue weighted by Gasteiger charge is -2.37. The van der Waals surface area contributed by atoms with Crippen molar-refractivity contribution in [1.82, 2.24) is 20.2 Å². The summed E-state index contributed by atoms with van der Waals surface area (Å²) in [6.45, 7) is 22.8. The Bertz CT molecular complexity index is 1470. The van der Waals surface area contributed by atoms with Gasteiger partial charge in [-0.25, -0.2) is 4.98 Å². The highest BCUT2D eigenvalue weighted by atomic mass is 15.2. The molecule has 5 rings (SSSR count). The zero-order valence-corrected chi connectivity index (χ0v) is 29.9. The summed E-state index contributed by atoms with van der Waals surface area (Å²) in [4.78, 5) is 8.20. The van der Waals surface area contributed by atoms with Crippen molar-refractivity contribution in [3.05, 3.63) is 70.7 Å². The summed E-state index contributed by atoms with van der Waals surface area (Å²) in [5.41, 5.74) is 11.2. The van der Waals surface area contributed by atoms with E-state index in [1.54, 1.807) is 5.56 Å². The summed E-state index contributed by atoms with van der Waals surface area (Å²) in [5.74, 6) is 3.29. The minimum absolute atomic E-state index is 0.212. The van der Waals surface area contributed by atoms with Gasteiger partial charge < -0.3 is 20.1 Å². The molecule has 5 nitrogen and oxygen atoms in total. The van der Waals surface area contributed by atoms with Crippen LogP contribution < -0.4 is 15.5 Å². The fourth-order valence-corrected chi connectivity index (χ4v) is 8.21. The van der Waals surface area contributed by atoms with Crippen molar-refractivity contribution in [1.29, 1.82) is 0 Å². The van der Waals surface area contributed by atoms with Gasteiger partial charge in [0.15, 0.2) is 0 Å². The lowest BCUT2D eigenvalue weighted by atomic mass is 9.72. The predicted octanol–water partition coefficient (Wildman–Crippen LogP) is 8.86. The number of hydrogen-bond acceptors (Lipinski definition) is 4. The van der Waals surface area contributed by atoms with Crippen LogP contribution in [0.3, 0.4) is 0 Å². The van der Waals surface area contributed by atoms with Gasteiger partial charge >= 0.3 is 0 Å². The Kier molecular flexibility index (Phi) is 10.4. The van der Waals surface area contributed by atoms with E-state index >= 15 is 0 Å². The molecule has 3 atom stereocenters. The zero-order chi connectivity index (χ0) is 32.5. The molecule has 2 heterocycles. The van der Waals surface area contributed by atoms with Gasteiger partial charge in [-0.3, -0.25) is 0 Å². The molecule has 0 bridgehead atoms. The lowest BCUT2D eigenvalue weighted by Crippen LogP contribution is -2.38. The van der Waals surface area contributed by atoms with Crippen molar-refractivity contribution in [2.24, 2.45) is 24.3 Å². The van der Waals surface area contributed by atoms with Crippen molar-refractivity contribution in [3.63, 3.8) is 0 Å². The smallest absolute Gasteiger partial charge is 0.132 e. The van der Waals surface area contributed by atoms with Gasteiger partial charge in [0.25, 0.3) is 0 Å². The van der Waals surface area contributed by atoms with Gasteiger partial charge in [-0.2, -0.15) is 0 Å². The second-order valence-electron chi connectivity index (χ2n) is 15.7. The van der Waals surface area contributed by atoms with E-state index in [-0.39, 0.29) is 11.5 Å². The number of benzene rings is 2. The third-order valence-electron chi connectivity index (χ3n) is 10.5. The Morgan fingerprint density at radius 1 is 1.16 bits per heavy atom. The molecule has 2 aliphatic rings. The average Bonchev–Trinajstić information content (AvgIpc) is 3.49. The number of fused-ring (bicyclic) bond motifs is 2. The predicted molar refractivity (Wildman–Crippen MR) is 193 cm³/mol. The normalized spacial score (nSPS) is 21.1. The first-order valence-corrected chi connectivity index (χ1v) is 17.9. The lowest BCUT2D eigenvalue weighted by molar-refractivity contribution is 0.288. The van der Waals surface area contributed by atoms with Crippen molar-refractivity contribution in [2.75, 3.05) is 25.0 Å². The van der Waals surface area contributed by atoms with Crippen LogP contribution in [0.4, 0.5) is 5.69 Å². The van der Waals surface area contributed by atoms with Crippen LogP contribution in [0.15, 0.2) is 42.6 Å². The first kappa shape index (κ1) is 33.6. The van der Waals surface area contributed by atoms with E-state index in [0.29, 0.717) is 17.9 Å². The van der Waals surface area contributed by atoms with Gasteiger partial charge in [0.05, 0.1) is 17.1 Å². The number of allylic oxidation sites excluding steroid dienone is 1. The molecule has 5 heteroatoms. The van der Waals surface area contributed by atoms with E-state index in [1.807, 2.05) is 7.05 Å². The van der Waals surface area contributed by atoms with Crippen LogP contribution in [0, 0.1) is 17.3 Å². The Labute approximate surface area is 274 Å². The quantitative estimate of drug-likeness (QED) is 0.191. The SMILES string of the molecule is C=C(CC(C)(C)C)NC(Cc1cc(CC)c2c(c1)nc(C1Cc3cccc(C4CC(C)C4)c3N1CCC)n2C)[C@@H](C)CCNC. The van der Waals surface area contributed by atoms with Crippen LogP contribution in [0.25, 0.3) is 11.0 Å². The Morgan fingerprint density at radius 3 is 2.56 bits per heavy atom. The number of para-hydroxylation sites is 1. The van der Waals surface area contributed by atoms with E-state index in [2.05, 4.69) is 113 Å². The third-order valence-corrected chi connectivity index (χ3v) is 10.5. The van der Waals surface area contributed by atoms with Crippen LogP contribution in [0.2, 0.25) is 0 Å². The average molecular weight is 612 g/mol. The van der Waals surface area contributed by atoms with Crippen LogP contribution in [0.5, 0.6) is 0 Å². The molecule has 246 valence electrons. The highest BCUT2D eigenvalue weighted by Crippen LogP contribution is 2.50. The molecule has 1 fully saturated rings. The molecule has 2 unspecified atom stereocenters. The maximum Gasteiger partial charge on any atom is 0.132 e. The number of nitrogens with zero attached hydrogens (tertiary/aromatic N) is 3. The number of aromatic nitrogens is 2. The second kappa shape index (κ2) is 13.9. The molecule has 1 aliphatic heterocycles. The highest BCUT2D eigenvalue weighted by molar-refractivity contribution is 5.81. The summed E-state index contributed by atoms with van der Waals surface area (Å²) >= 11 is 0. The Morgan fingerprint density at radius 2 is 1.91 bits per heavy atom. The minimum atomic E-state index is 0.212. The monoisotopic (exact) mass is 611 g/mol. The molecule has 0 saturated heterocycles. The van der Waals surface area contributed by atoms with Crippen LogP contribution in [-0.2, 0) is 26.3 Å². The van der Waals surface area contributed by atoms with Crippen molar-refractivity contribution in [3.8, 4) is 0 Å². The van der Waals surface area contributed by atoms with Gasteiger partial charge in [0.1, 0.15) is 5.82 Å². The minimum Gasteiger partial charge on any atom is -0.385 e. The topological polar surface area (TPSA) is 45.1 Å². The molecule has 2 aromatic carbocycles. The maximum absolute atomic E-state index is 5.48. The number of anilines is 1. The van der Waals surface area contributed by atoms with Crippen molar-refractivity contribution in [2.45, 2.75) is 118 Å². The molecule has 45 heavy (non-hydrogen) atoms. The summed E-state index contributed by atoms with van der Waals surface area (Å²) in [5, 5.41) is 7.24. The fraction of sp³-hybridized carbons (Fsp3) is 0.625. The highest BCUT2D eigenvalue weighted by Gasteiger charge is 2.38. The second-order valence-corrected chi connectivity index (χ2v) is 15.7. The molecule has 0 radical (unpaired) electrons. The first-order chi connectivity index (χ1) is 21.4. The summed E-state index contributed by atoms with van der Waals surface area (Å²) in [6, 6.07) is 12.5. The molecule has 3 aromatic rings. The molecule has 1 aliphatic carbocycles. The molecule has 0 amide bonds. The molecule has 1 aromatic heterocycles. The molecule has 2 N–H and O–H groups in total. The third kappa shape index (κ3) is 7.29. The van der Waals surface area contributed by atoms with Gasteiger partial charge in [0.2, 0.25) is 0 Å². The van der Waals surface area contributed by atoms with Crippen LogP contribution in [-0.4, -0.2) is 35.7 Å². The van der Waals surface area contributed by atoms with E-state index in [9.17, 15) is 0 Å². The Hall–Kier alpha value is -2.79. The van der Waals surface area contributed by atoms with E-state index < -0.39 is 0 Å². The largest absolute Gasteiger partial charge is 0.385 e. The van der Waals surface area contributed by atoms with Crippen molar-refractivity contribution < 1.29 is 0 Å². The summed E-state index contributed by atoms with van der Waals surface area (Å²) in [6.07, 6.45) is 8.91. The fourth-order valence-electron chi connectivity index (χ4n) is 8.21. The van der Waals surface area contributed by atoms with Gasteiger partial charge in [-0.05, 0) is 110 Å². The summed E-state index contributed by atoms with van der Waals surface area (Å²) < 4.78 is 2.43. The molecular weight excluding hydrogens is 550 g/mol. The molecule has 1 saturated carbocycles.